The highest BCUT2D eigenvalue weighted by Gasteiger charge is 2.39. The maximum atomic E-state index is 10.9. The van der Waals surface area contributed by atoms with Crippen LogP contribution in [0.25, 0.3) is 0 Å². The average Bonchev–Trinajstić information content (AvgIpc) is 2.61. The largest absolute Gasteiger partial charge is 0.500 e. The van der Waals surface area contributed by atoms with Gasteiger partial charge in [0.25, 0.3) is 0 Å². The molecule has 0 rings (SSSR count). The van der Waals surface area contributed by atoms with E-state index >= 15 is 0 Å². The summed E-state index contributed by atoms with van der Waals surface area (Å²) >= 11 is 0. The van der Waals surface area contributed by atoms with Crippen LogP contribution in [0, 0.1) is 0 Å². The van der Waals surface area contributed by atoms with E-state index in [-0.39, 0.29) is 0 Å². The number of rotatable bonds is 18. The molecule has 0 saturated carbocycles. The van der Waals surface area contributed by atoms with E-state index in [0.717, 1.165) is 37.9 Å². The Morgan fingerprint density at radius 3 is 2.27 bits per heavy atom. The Balaban J connectivity index is 3.84. The maximum Gasteiger partial charge on any atom is 0.500 e. The van der Waals surface area contributed by atoms with Gasteiger partial charge in [-0.2, -0.15) is 0 Å². The Bertz CT molecular complexity index is 353. The number of hydrogen-bond donors (Lipinski definition) is 2. The molecule has 0 heterocycles. The molecular formula is C18H37NO6Si. The van der Waals surface area contributed by atoms with Crippen LogP contribution >= 0.6 is 0 Å². The summed E-state index contributed by atoms with van der Waals surface area (Å²) in [6, 6.07) is 0.764. The molecule has 0 radical (unpaired) electrons. The van der Waals surface area contributed by atoms with E-state index in [9.17, 15) is 9.90 Å². The molecule has 0 aromatic heterocycles. The van der Waals surface area contributed by atoms with Crippen LogP contribution in [0.1, 0.15) is 46.5 Å². The second-order valence-corrected chi connectivity index (χ2v) is 8.54. The lowest BCUT2D eigenvalue weighted by molar-refractivity contribution is -0.137. The Morgan fingerprint density at radius 1 is 1.12 bits per heavy atom. The first-order chi connectivity index (χ1) is 12.5. The minimum absolute atomic E-state index is 0.365. The first kappa shape index (κ1) is 25.2. The van der Waals surface area contributed by atoms with Gasteiger partial charge in [-0.15, -0.1) is 0 Å². The first-order valence-electron chi connectivity index (χ1n) is 9.63. The van der Waals surface area contributed by atoms with Crippen LogP contribution in [0.3, 0.4) is 0 Å². The standard InChI is InChI=1S/C18H37NO6Si/c1-5-18(21)22-14-10-9-12-17(20)16-19-13-11-15-26(23-6-2,24-7-3)25-8-4/h5,17,19-20H,1,6-16H2,2-4H3. The molecule has 8 heteroatoms. The molecule has 0 aliphatic rings. The van der Waals surface area contributed by atoms with Gasteiger partial charge in [0.05, 0.1) is 12.7 Å². The molecule has 0 aliphatic carbocycles. The SMILES string of the molecule is C=CC(=O)OCCCCC(O)CNCCC[Si](OCC)(OCC)OCC. The number of aliphatic hydroxyl groups excluding tert-OH is 1. The van der Waals surface area contributed by atoms with Crippen molar-refractivity contribution >= 4 is 14.8 Å². The number of unbranched alkanes of at least 4 members (excludes halogenated alkanes) is 1. The van der Waals surface area contributed by atoms with Crippen LogP contribution in [0.15, 0.2) is 12.7 Å². The number of ether oxygens (including phenoxy) is 1. The Morgan fingerprint density at radius 2 is 1.73 bits per heavy atom. The smallest absolute Gasteiger partial charge is 0.463 e. The van der Waals surface area contributed by atoms with Gasteiger partial charge >= 0.3 is 14.8 Å². The number of carbonyl (C=O) groups is 1. The summed E-state index contributed by atoms with van der Waals surface area (Å²) in [5.41, 5.74) is 0. The predicted octanol–water partition coefficient (Wildman–Crippen LogP) is 2.27. The highest BCUT2D eigenvalue weighted by Crippen LogP contribution is 2.17. The Labute approximate surface area is 159 Å². The fourth-order valence-corrected chi connectivity index (χ4v) is 5.13. The third kappa shape index (κ3) is 12.6. The van der Waals surface area contributed by atoms with Crippen molar-refractivity contribution in [3.8, 4) is 0 Å². The van der Waals surface area contributed by atoms with E-state index in [1.807, 2.05) is 20.8 Å². The normalized spacial score (nSPS) is 12.8. The average molecular weight is 392 g/mol. The van der Waals surface area contributed by atoms with Gasteiger partial charge in [-0.1, -0.05) is 6.58 Å². The zero-order valence-electron chi connectivity index (χ0n) is 16.6. The Kier molecular flexibility index (Phi) is 15.9. The van der Waals surface area contributed by atoms with Gasteiger partial charge in [-0.25, -0.2) is 4.79 Å². The van der Waals surface area contributed by atoms with E-state index in [1.165, 1.54) is 0 Å². The fraction of sp³-hybridized carbons (Fsp3) is 0.833. The van der Waals surface area contributed by atoms with Crippen molar-refractivity contribution in [2.75, 3.05) is 39.5 Å². The van der Waals surface area contributed by atoms with Crippen LogP contribution in [0.2, 0.25) is 6.04 Å². The van der Waals surface area contributed by atoms with Crippen molar-refractivity contribution in [1.29, 1.82) is 0 Å². The molecule has 0 saturated heterocycles. The molecule has 2 N–H and O–H groups in total. The number of hydrogen-bond acceptors (Lipinski definition) is 7. The molecule has 1 unspecified atom stereocenters. The van der Waals surface area contributed by atoms with Crippen molar-refractivity contribution in [2.24, 2.45) is 0 Å². The van der Waals surface area contributed by atoms with Crippen LogP contribution in [-0.4, -0.2) is 65.5 Å². The zero-order valence-corrected chi connectivity index (χ0v) is 17.6. The summed E-state index contributed by atoms with van der Waals surface area (Å²) in [5.74, 6) is -0.405. The van der Waals surface area contributed by atoms with Gasteiger partial charge in [0.2, 0.25) is 0 Å². The summed E-state index contributed by atoms with van der Waals surface area (Å²) in [6.07, 6.45) is 3.84. The minimum Gasteiger partial charge on any atom is -0.463 e. The number of esters is 1. The van der Waals surface area contributed by atoms with E-state index in [2.05, 4.69) is 11.9 Å². The lowest BCUT2D eigenvalue weighted by atomic mass is 10.1. The van der Waals surface area contributed by atoms with Crippen molar-refractivity contribution in [2.45, 2.75) is 58.6 Å². The molecule has 0 aromatic rings. The lowest BCUT2D eigenvalue weighted by Crippen LogP contribution is -2.46. The van der Waals surface area contributed by atoms with Crippen LogP contribution in [-0.2, 0) is 22.8 Å². The second-order valence-electron chi connectivity index (χ2n) is 5.81. The molecule has 0 fully saturated rings. The molecule has 7 nitrogen and oxygen atoms in total. The van der Waals surface area contributed by atoms with Gasteiger partial charge in [0, 0.05) is 38.5 Å². The predicted molar refractivity (Wildman–Crippen MR) is 104 cm³/mol. The van der Waals surface area contributed by atoms with Crippen LogP contribution in [0.5, 0.6) is 0 Å². The Hall–Kier alpha value is -0.773. The summed E-state index contributed by atoms with van der Waals surface area (Å²) in [4.78, 5) is 10.9. The summed E-state index contributed by atoms with van der Waals surface area (Å²) in [7, 11) is -2.57. The van der Waals surface area contributed by atoms with E-state index < -0.39 is 20.9 Å². The van der Waals surface area contributed by atoms with Crippen molar-refractivity contribution in [1.82, 2.24) is 5.32 Å². The number of carbonyl (C=O) groups excluding carboxylic acids is 1. The number of nitrogens with one attached hydrogen (secondary N) is 1. The molecule has 26 heavy (non-hydrogen) atoms. The summed E-state index contributed by atoms with van der Waals surface area (Å²) in [6.45, 7) is 12.6. The van der Waals surface area contributed by atoms with Gasteiger partial charge in [-0.05, 0) is 53.0 Å². The van der Waals surface area contributed by atoms with Gasteiger partial charge < -0.3 is 28.4 Å². The van der Waals surface area contributed by atoms with Gasteiger partial charge in [0.15, 0.2) is 0 Å². The minimum atomic E-state index is -2.57. The van der Waals surface area contributed by atoms with Gasteiger partial charge in [-0.3, -0.25) is 0 Å². The molecule has 0 aliphatic heterocycles. The van der Waals surface area contributed by atoms with E-state index in [0.29, 0.717) is 39.4 Å². The topological polar surface area (TPSA) is 86.3 Å². The second kappa shape index (κ2) is 16.4. The summed E-state index contributed by atoms with van der Waals surface area (Å²) < 4.78 is 22.3. The first-order valence-corrected chi connectivity index (χ1v) is 11.6. The van der Waals surface area contributed by atoms with Crippen molar-refractivity contribution < 1.29 is 27.9 Å². The molecule has 1 atom stereocenters. The highest BCUT2D eigenvalue weighted by atomic mass is 28.4. The third-order valence-corrected chi connectivity index (χ3v) is 6.80. The quantitative estimate of drug-likeness (QED) is 0.160. The summed E-state index contributed by atoms with van der Waals surface area (Å²) in [5, 5.41) is 13.2. The molecular weight excluding hydrogens is 354 g/mol. The lowest BCUT2D eigenvalue weighted by Gasteiger charge is -2.28. The molecule has 0 amide bonds. The third-order valence-electron chi connectivity index (χ3n) is 3.65. The van der Waals surface area contributed by atoms with E-state index in [1.54, 1.807) is 0 Å². The number of aliphatic hydroxyl groups is 1. The molecule has 0 bridgehead atoms. The monoisotopic (exact) mass is 391 g/mol. The molecule has 0 spiro atoms. The van der Waals surface area contributed by atoms with Crippen LogP contribution < -0.4 is 5.32 Å². The molecule has 0 aromatic carbocycles. The fourth-order valence-electron chi connectivity index (χ4n) is 2.52. The maximum absolute atomic E-state index is 10.9. The van der Waals surface area contributed by atoms with E-state index in [4.69, 9.17) is 18.0 Å². The van der Waals surface area contributed by atoms with Gasteiger partial charge in [0.1, 0.15) is 0 Å². The highest BCUT2D eigenvalue weighted by molar-refractivity contribution is 6.60. The van der Waals surface area contributed by atoms with Crippen LogP contribution in [0.4, 0.5) is 0 Å². The van der Waals surface area contributed by atoms with Crippen molar-refractivity contribution in [3.63, 3.8) is 0 Å². The van der Waals surface area contributed by atoms with Crippen molar-refractivity contribution in [3.05, 3.63) is 12.7 Å². The molecule has 154 valence electrons. The zero-order chi connectivity index (χ0) is 19.7.